The summed E-state index contributed by atoms with van der Waals surface area (Å²) in [7, 11) is 1.51. The highest BCUT2D eigenvalue weighted by atomic mass is 32.2. The van der Waals surface area contributed by atoms with E-state index in [1.807, 2.05) is 6.92 Å². The summed E-state index contributed by atoms with van der Waals surface area (Å²) in [5, 5.41) is 9.36. The molecule has 22 heavy (non-hydrogen) atoms. The van der Waals surface area contributed by atoms with Crippen LogP contribution in [0.5, 0.6) is 11.5 Å². The molecule has 2 rings (SSSR count). The maximum atomic E-state index is 12.2. The van der Waals surface area contributed by atoms with E-state index < -0.39 is 0 Å². The topological polar surface area (TPSA) is 76.1 Å². The molecule has 1 aromatic carbocycles. The van der Waals surface area contributed by atoms with Crippen LogP contribution >= 0.6 is 11.8 Å². The Labute approximate surface area is 132 Å². The summed E-state index contributed by atoms with van der Waals surface area (Å²) >= 11 is 0.890. The molecule has 1 aromatic rings. The lowest BCUT2D eigenvalue weighted by atomic mass is 10.2. The minimum absolute atomic E-state index is 0.0344. The van der Waals surface area contributed by atoms with Gasteiger partial charge in [0, 0.05) is 7.11 Å². The van der Waals surface area contributed by atoms with Crippen molar-refractivity contribution in [3.05, 3.63) is 28.7 Å². The van der Waals surface area contributed by atoms with Crippen molar-refractivity contribution < 1.29 is 24.2 Å². The van der Waals surface area contributed by atoms with E-state index in [4.69, 9.17) is 9.47 Å². The Bertz CT molecular complexity index is 614. The number of phenols is 1. The van der Waals surface area contributed by atoms with Gasteiger partial charge in [0.15, 0.2) is 11.5 Å². The second kappa shape index (κ2) is 7.33. The van der Waals surface area contributed by atoms with Crippen LogP contribution in [-0.2, 0) is 9.53 Å². The second-order valence-electron chi connectivity index (χ2n) is 4.49. The van der Waals surface area contributed by atoms with Crippen LogP contribution in [0.1, 0.15) is 12.5 Å². The first-order valence-corrected chi connectivity index (χ1v) is 7.58. The number of methoxy groups -OCH3 is 1. The first-order chi connectivity index (χ1) is 10.6. The van der Waals surface area contributed by atoms with Crippen molar-refractivity contribution in [3.8, 4) is 11.5 Å². The molecule has 0 spiro atoms. The summed E-state index contributed by atoms with van der Waals surface area (Å²) in [5.41, 5.74) is 0.679. The Hall–Kier alpha value is -1.99. The van der Waals surface area contributed by atoms with Crippen molar-refractivity contribution >= 4 is 29.0 Å². The van der Waals surface area contributed by atoms with Crippen molar-refractivity contribution in [3.63, 3.8) is 0 Å². The number of hydrogen-bond acceptors (Lipinski definition) is 6. The fraction of sp³-hybridized carbons (Fsp3) is 0.333. The quantitative estimate of drug-likeness (QED) is 0.811. The maximum absolute atomic E-state index is 12.2. The van der Waals surface area contributed by atoms with Crippen LogP contribution in [0.3, 0.4) is 0 Å². The zero-order chi connectivity index (χ0) is 16.1. The predicted octanol–water partition coefficient (Wildman–Crippen LogP) is 2.47. The average molecular weight is 323 g/mol. The molecule has 0 radical (unpaired) electrons. The molecule has 1 aliphatic rings. The third kappa shape index (κ3) is 3.61. The van der Waals surface area contributed by atoms with Gasteiger partial charge in [-0.15, -0.1) is 0 Å². The lowest BCUT2D eigenvalue weighted by Gasteiger charge is -2.10. The fourth-order valence-corrected chi connectivity index (χ4v) is 2.78. The summed E-state index contributed by atoms with van der Waals surface area (Å²) in [4.78, 5) is 25.5. The van der Waals surface area contributed by atoms with Gasteiger partial charge in [0.1, 0.15) is 0 Å². The SMILES string of the molecule is CCOc1cc(/C=C2/SC(=O)N(CCOC)C2=O)ccc1O. The molecular weight excluding hydrogens is 306 g/mol. The Morgan fingerprint density at radius 3 is 2.82 bits per heavy atom. The summed E-state index contributed by atoms with van der Waals surface area (Å²) in [6, 6.07) is 4.77. The van der Waals surface area contributed by atoms with E-state index in [9.17, 15) is 14.7 Å². The highest BCUT2D eigenvalue weighted by molar-refractivity contribution is 8.18. The number of carbonyl (C=O) groups is 2. The molecule has 2 amide bonds. The van der Waals surface area contributed by atoms with Gasteiger partial charge in [-0.3, -0.25) is 14.5 Å². The van der Waals surface area contributed by atoms with Gasteiger partial charge in [0.05, 0.1) is 24.7 Å². The number of phenolic OH excluding ortho intramolecular Hbond substituents is 1. The van der Waals surface area contributed by atoms with E-state index >= 15 is 0 Å². The van der Waals surface area contributed by atoms with Crippen LogP contribution in [0.15, 0.2) is 23.1 Å². The molecule has 7 heteroatoms. The van der Waals surface area contributed by atoms with Crippen molar-refractivity contribution in [2.24, 2.45) is 0 Å². The van der Waals surface area contributed by atoms with Gasteiger partial charge in [-0.25, -0.2) is 0 Å². The third-order valence-corrected chi connectivity index (χ3v) is 3.88. The summed E-state index contributed by atoms with van der Waals surface area (Å²) in [6.45, 7) is 2.77. The van der Waals surface area contributed by atoms with Gasteiger partial charge in [0.2, 0.25) is 0 Å². The van der Waals surface area contributed by atoms with Gasteiger partial charge >= 0.3 is 0 Å². The van der Waals surface area contributed by atoms with Crippen molar-refractivity contribution in [1.29, 1.82) is 0 Å². The lowest BCUT2D eigenvalue weighted by Crippen LogP contribution is -2.31. The highest BCUT2D eigenvalue weighted by Gasteiger charge is 2.34. The zero-order valence-electron chi connectivity index (χ0n) is 12.4. The van der Waals surface area contributed by atoms with Crippen molar-refractivity contribution in [2.45, 2.75) is 6.92 Å². The highest BCUT2D eigenvalue weighted by Crippen LogP contribution is 2.34. The van der Waals surface area contributed by atoms with Crippen LogP contribution in [-0.4, -0.2) is 48.0 Å². The monoisotopic (exact) mass is 323 g/mol. The summed E-state index contributed by atoms with van der Waals surface area (Å²) in [5.74, 6) is 0.0418. The Morgan fingerprint density at radius 2 is 2.14 bits per heavy atom. The molecule has 6 nitrogen and oxygen atoms in total. The molecule has 0 saturated carbocycles. The Morgan fingerprint density at radius 1 is 1.36 bits per heavy atom. The molecule has 1 aliphatic heterocycles. The Balaban J connectivity index is 2.21. The number of hydrogen-bond donors (Lipinski definition) is 1. The molecule has 1 fully saturated rings. The van der Waals surface area contributed by atoms with Gasteiger partial charge in [-0.05, 0) is 42.5 Å². The average Bonchev–Trinajstić information content (AvgIpc) is 2.75. The first-order valence-electron chi connectivity index (χ1n) is 6.77. The van der Waals surface area contributed by atoms with Crippen molar-refractivity contribution in [2.75, 3.05) is 26.9 Å². The third-order valence-electron chi connectivity index (χ3n) is 2.97. The predicted molar refractivity (Wildman–Crippen MR) is 83.8 cm³/mol. The number of imide groups is 1. The molecule has 118 valence electrons. The summed E-state index contributed by atoms with van der Waals surface area (Å²) < 4.78 is 10.2. The number of nitrogens with zero attached hydrogens (tertiary/aromatic N) is 1. The molecule has 1 saturated heterocycles. The largest absolute Gasteiger partial charge is 0.504 e. The molecule has 0 aliphatic carbocycles. The maximum Gasteiger partial charge on any atom is 0.293 e. The van der Waals surface area contributed by atoms with Gasteiger partial charge in [0.25, 0.3) is 11.1 Å². The number of ether oxygens (including phenoxy) is 2. The zero-order valence-corrected chi connectivity index (χ0v) is 13.2. The molecule has 0 bridgehead atoms. The molecule has 1 N–H and O–H groups in total. The molecule has 0 atom stereocenters. The number of rotatable bonds is 6. The normalized spacial score (nSPS) is 16.6. The molecule has 0 aromatic heterocycles. The van der Waals surface area contributed by atoms with Crippen molar-refractivity contribution in [1.82, 2.24) is 4.90 Å². The van der Waals surface area contributed by atoms with Gasteiger partial charge in [-0.2, -0.15) is 0 Å². The molecular formula is C15H17NO5S. The minimum Gasteiger partial charge on any atom is -0.504 e. The lowest BCUT2D eigenvalue weighted by molar-refractivity contribution is -0.123. The smallest absolute Gasteiger partial charge is 0.293 e. The van der Waals surface area contributed by atoms with E-state index in [2.05, 4.69) is 0 Å². The number of amides is 2. The van der Waals surface area contributed by atoms with E-state index in [0.717, 1.165) is 16.7 Å². The number of carbonyl (C=O) groups excluding carboxylic acids is 2. The summed E-state index contributed by atoms with van der Waals surface area (Å²) in [6.07, 6.45) is 1.61. The van der Waals surface area contributed by atoms with Gasteiger partial charge < -0.3 is 14.6 Å². The Kier molecular flexibility index (Phi) is 5.46. The van der Waals surface area contributed by atoms with E-state index in [1.54, 1.807) is 18.2 Å². The number of benzene rings is 1. The minimum atomic E-state index is -0.335. The van der Waals surface area contributed by atoms with Gasteiger partial charge in [-0.1, -0.05) is 6.07 Å². The van der Waals surface area contributed by atoms with Crippen LogP contribution in [0.2, 0.25) is 0 Å². The van der Waals surface area contributed by atoms with E-state index in [0.29, 0.717) is 29.4 Å². The van der Waals surface area contributed by atoms with E-state index in [1.165, 1.54) is 13.2 Å². The number of aromatic hydroxyl groups is 1. The molecule has 0 unspecified atom stereocenters. The number of thioether (sulfide) groups is 1. The second-order valence-corrected chi connectivity index (χ2v) is 5.48. The molecule has 1 heterocycles. The van der Waals surface area contributed by atoms with E-state index in [-0.39, 0.29) is 23.4 Å². The van der Waals surface area contributed by atoms with Crippen LogP contribution in [0.4, 0.5) is 4.79 Å². The standard InChI is InChI=1S/C15H17NO5S/c1-3-21-12-8-10(4-5-11(12)17)9-13-14(18)16(6-7-20-2)15(19)22-13/h4-5,8-9,17H,3,6-7H2,1-2H3/b13-9+. The van der Waals surface area contributed by atoms with Crippen LogP contribution in [0, 0.1) is 0 Å². The van der Waals surface area contributed by atoms with Crippen LogP contribution in [0.25, 0.3) is 6.08 Å². The first kappa shape index (κ1) is 16.4. The fourth-order valence-electron chi connectivity index (χ4n) is 1.92. The van der Waals surface area contributed by atoms with Crippen LogP contribution < -0.4 is 4.74 Å².